The molecule has 0 fully saturated rings. The lowest BCUT2D eigenvalue weighted by molar-refractivity contribution is -0.137. The standard InChI is InChI=1S/C7H15NO2.ClH/c1-2-6(5-8)3-4-7(9)10;/h6H,2-5,8H2,1H3,(H,9,10);1H/t6-;/m0./s1. The second-order valence-corrected chi connectivity index (χ2v) is 2.44. The molecule has 0 aliphatic carbocycles. The maximum atomic E-state index is 10.1. The molecular weight excluding hydrogens is 166 g/mol. The lowest BCUT2D eigenvalue weighted by Gasteiger charge is -2.08. The first-order valence-corrected chi connectivity index (χ1v) is 3.62. The van der Waals surface area contributed by atoms with Crippen LogP contribution in [0.25, 0.3) is 0 Å². The Morgan fingerprint density at radius 3 is 2.45 bits per heavy atom. The van der Waals surface area contributed by atoms with Gasteiger partial charge >= 0.3 is 5.97 Å². The van der Waals surface area contributed by atoms with Gasteiger partial charge in [-0.3, -0.25) is 4.79 Å². The minimum Gasteiger partial charge on any atom is -0.481 e. The molecule has 0 bridgehead atoms. The van der Waals surface area contributed by atoms with Crippen molar-refractivity contribution in [3.05, 3.63) is 0 Å². The quantitative estimate of drug-likeness (QED) is 0.671. The van der Waals surface area contributed by atoms with Gasteiger partial charge in [0.2, 0.25) is 0 Å². The number of carboxylic acid groups (broad SMARTS) is 1. The molecule has 0 unspecified atom stereocenters. The number of nitrogens with two attached hydrogens (primary N) is 1. The van der Waals surface area contributed by atoms with Crippen molar-refractivity contribution in [1.82, 2.24) is 0 Å². The predicted octanol–water partition coefficient (Wildman–Crippen LogP) is 1.26. The summed E-state index contributed by atoms with van der Waals surface area (Å²) < 4.78 is 0. The summed E-state index contributed by atoms with van der Waals surface area (Å²) >= 11 is 0. The maximum absolute atomic E-state index is 10.1. The fourth-order valence-corrected chi connectivity index (χ4v) is 0.816. The Labute approximate surface area is 73.4 Å². The van der Waals surface area contributed by atoms with Gasteiger partial charge in [0.05, 0.1) is 0 Å². The molecular formula is C7H16ClNO2. The molecule has 0 heterocycles. The van der Waals surface area contributed by atoms with Crippen molar-refractivity contribution in [3.8, 4) is 0 Å². The van der Waals surface area contributed by atoms with Gasteiger partial charge < -0.3 is 10.8 Å². The van der Waals surface area contributed by atoms with Crippen molar-refractivity contribution in [2.75, 3.05) is 6.54 Å². The molecule has 0 aliphatic rings. The van der Waals surface area contributed by atoms with Crippen LogP contribution in [0.1, 0.15) is 26.2 Å². The molecule has 3 N–H and O–H groups in total. The van der Waals surface area contributed by atoms with Gasteiger partial charge in [0.25, 0.3) is 0 Å². The van der Waals surface area contributed by atoms with Crippen LogP contribution in [0, 0.1) is 5.92 Å². The van der Waals surface area contributed by atoms with E-state index in [0.717, 1.165) is 6.42 Å². The van der Waals surface area contributed by atoms with Crippen LogP contribution >= 0.6 is 12.4 Å². The number of carbonyl (C=O) groups is 1. The van der Waals surface area contributed by atoms with Gasteiger partial charge in [0.15, 0.2) is 0 Å². The van der Waals surface area contributed by atoms with Gasteiger partial charge in [-0.25, -0.2) is 0 Å². The second kappa shape index (κ2) is 7.82. The van der Waals surface area contributed by atoms with Crippen LogP contribution in [0.15, 0.2) is 0 Å². The van der Waals surface area contributed by atoms with E-state index in [1.807, 2.05) is 6.92 Å². The average molecular weight is 182 g/mol. The molecule has 0 amide bonds. The van der Waals surface area contributed by atoms with Gasteiger partial charge in [-0.2, -0.15) is 0 Å². The number of aliphatic carboxylic acids is 1. The molecule has 0 aromatic heterocycles. The number of halogens is 1. The van der Waals surface area contributed by atoms with E-state index >= 15 is 0 Å². The molecule has 0 aromatic carbocycles. The Morgan fingerprint density at radius 1 is 1.64 bits per heavy atom. The third-order valence-corrected chi connectivity index (χ3v) is 1.68. The van der Waals surface area contributed by atoms with Crippen molar-refractivity contribution < 1.29 is 9.90 Å². The molecule has 1 atom stereocenters. The Hall–Kier alpha value is -0.280. The van der Waals surface area contributed by atoms with Gasteiger partial charge in [-0.1, -0.05) is 13.3 Å². The van der Waals surface area contributed by atoms with Crippen molar-refractivity contribution in [3.63, 3.8) is 0 Å². The summed E-state index contributed by atoms with van der Waals surface area (Å²) in [6.07, 6.45) is 1.93. The van der Waals surface area contributed by atoms with Crippen LogP contribution in [0.4, 0.5) is 0 Å². The third-order valence-electron chi connectivity index (χ3n) is 1.68. The molecule has 0 rings (SSSR count). The van der Waals surface area contributed by atoms with Crippen molar-refractivity contribution >= 4 is 18.4 Å². The van der Waals surface area contributed by atoms with E-state index in [0.29, 0.717) is 18.9 Å². The van der Waals surface area contributed by atoms with Crippen molar-refractivity contribution in [2.24, 2.45) is 11.7 Å². The Balaban J connectivity index is 0. The van der Waals surface area contributed by atoms with Crippen LogP contribution < -0.4 is 5.73 Å². The predicted molar refractivity (Wildman–Crippen MR) is 47.0 cm³/mol. The first kappa shape index (κ1) is 13.3. The topological polar surface area (TPSA) is 63.3 Å². The molecule has 4 heteroatoms. The van der Waals surface area contributed by atoms with E-state index in [9.17, 15) is 4.79 Å². The van der Waals surface area contributed by atoms with Gasteiger partial charge in [0, 0.05) is 6.42 Å². The van der Waals surface area contributed by atoms with Crippen LogP contribution in [-0.4, -0.2) is 17.6 Å². The summed E-state index contributed by atoms with van der Waals surface area (Å²) in [6, 6.07) is 0. The minimum absolute atomic E-state index is 0. The second-order valence-electron chi connectivity index (χ2n) is 2.44. The Morgan fingerprint density at radius 2 is 2.18 bits per heavy atom. The van der Waals surface area contributed by atoms with E-state index in [1.54, 1.807) is 0 Å². The minimum atomic E-state index is -0.730. The first-order chi connectivity index (χ1) is 4.70. The van der Waals surface area contributed by atoms with E-state index in [2.05, 4.69) is 0 Å². The highest BCUT2D eigenvalue weighted by Crippen LogP contribution is 2.08. The molecule has 0 aromatic rings. The zero-order valence-electron chi connectivity index (χ0n) is 6.75. The van der Waals surface area contributed by atoms with Gasteiger partial charge in [0.1, 0.15) is 0 Å². The van der Waals surface area contributed by atoms with Crippen molar-refractivity contribution in [1.29, 1.82) is 0 Å². The molecule has 0 aliphatic heterocycles. The fourth-order valence-electron chi connectivity index (χ4n) is 0.816. The number of rotatable bonds is 5. The molecule has 0 radical (unpaired) electrons. The van der Waals surface area contributed by atoms with E-state index in [4.69, 9.17) is 10.8 Å². The van der Waals surface area contributed by atoms with E-state index in [-0.39, 0.29) is 18.8 Å². The lowest BCUT2D eigenvalue weighted by Crippen LogP contribution is -2.14. The van der Waals surface area contributed by atoms with E-state index in [1.165, 1.54) is 0 Å². The van der Waals surface area contributed by atoms with Crippen LogP contribution in [0.3, 0.4) is 0 Å². The molecule has 3 nitrogen and oxygen atoms in total. The summed E-state index contributed by atoms with van der Waals surface area (Å²) in [7, 11) is 0. The lowest BCUT2D eigenvalue weighted by atomic mass is 10.0. The molecule has 0 saturated carbocycles. The summed E-state index contributed by atoms with van der Waals surface area (Å²) in [5.41, 5.74) is 5.38. The van der Waals surface area contributed by atoms with Gasteiger partial charge in [-0.15, -0.1) is 12.4 Å². The highest BCUT2D eigenvalue weighted by molar-refractivity contribution is 5.85. The highest BCUT2D eigenvalue weighted by Gasteiger charge is 2.05. The SMILES string of the molecule is CC[C@H](CN)CCC(=O)O.Cl. The average Bonchev–Trinajstić information content (AvgIpc) is 1.90. The van der Waals surface area contributed by atoms with Gasteiger partial charge in [-0.05, 0) is 18.9 Å². The summed E-state index contributed by atoms with van der Waals surface area (Å²) in [5, 5.41) is 8.31. The first-order valence-electron chi connectivity index (χ1n) is 3.62. The molecule has 0 spiro atoms. The highest BCUT2D eigenvalue weighted by atomic mass is 35.5. The zero-order chi connectivity index (χ0) is 7.98. The summed E-state index contributed by atoms with van der Waals surface area (Å²) in [6.45, 7) is 2.63. The summed E-state index contributed by atoms with van der Waals surface area (Å²) in [5.74, 6) is -0.344. The fraction of sp³-hybridized carbons (Fsp3) is 0.857. The normalized spacial score (nSPS) is 11.8. The molecule has 11 heavy (non-hydrogen) atoms. The number of hydrogen-bond donors (Lipinski definition) is 2. The number of hydrogen-bond acceptors (Lipinski definition) is 2. The monoisotopic (exact) mass is 181 g/mol. The molecule has 68 valence electrons. The van der Waals surface area contributed by atoms with Crippen LogP contribution in [-0.2, 0) is 4.79 Å². The Kier molecular flexibility index (Phi) is 9.47. The zero-order valence-corrected chi connectivity index (χ0v) is 7.56. The molecule has 0 saturated heterocycles. The van der Waals surface area contributed by atoms with E-state index < -0.39 is 5.97 Å². The van der Waals surface area contributed by atoms with Crippen molar-refractivity contribution in [2.45, 2.75) is 26.2 Å². The number of carboxylic acids is 1. The summed E-state index contributed by atoms with van der Waals surface area (Å²) in [4.78, 5) is 10.1. The maximum Gasteiger partial charge on any atom is 0.303 e. The van der Waals surface area contributed by atoms with Crippen LogP contribution in [0.5, 0.6) is 0 Å². The Bertz CT molecular complexity index is 105. The third kappa shape index (κ3) is 7.62. The largest absolute Gasteiger partial charge is 0.481 e. The van der Waals surface area contributed by atoms with Crippen LogP contribution in [0.2, 0.25) is 0 Å². The smallest absolute Gasteiger partial charge is 0.303 e.